The smallest absolute Gasteiger partial charge is 0.0953 e. The van der Waals surface area contributed by atoms with E-state index in [9.17, 15) is 0 Å². The van der Waals surface area contributed by atoms with E-state index in [-0.39, 0.29) is 6.04 Å². The summed E-state index contributed by atoms with van der Waals surface area (Å²) in [6.45, 7) is 8.90. The fourth-order valence-corrected chi connectivity index (χ4v) is 3.65. The molecule has 2 unspecified atom stereocenters. The lowest BCUT2D eigenvalue weighted by Crippen LogP contribution is -2.31. The summed E-state index contributed by atoms with van der Waals surface area (Å²) in [6, 6.07) is 0.682. The van der Waals surface area contributed by atoms with Crippen LogP contribution in [0.3, 0.4) is 0 Å². The van der Waals surface area contributed by atoms with E-state index < -0.39 is 0 Å². The van der Waals surface area contributed by atoms with Crippen molar-refractivity contribution < 1.29 is 0 Å². The van der Waals surface area contributed by atoms with Crippen molar-refractivity contribution >= 4 is 11.3 Å². The molecule has 0 radical (unpaired) electrons. The van der Waals surface area contributed by atoms with Gasteiger partial charge in [0.1, 0.15) is 0 Å². The van der Waals surface area contributed by atoms with Gasteiger partial charge in [0.15, 0.2) is 0 Å². The fraction of sp³-hybridized carbons (Fsp3) is 0.769. The maximum atomic E-state index is 6.25. The number of rotatable bonds is 4. The molecular weight excluding hydrogens is 230 g/mol. The molecule has 2 N–H and O–H groups in total. The summed E-state index contributed by atoms with van der Waals surface area (Å²) in [6.07, 6.45) is 4.34. The Kier molecular flexibility index (Phi) is 4.17. The van der Waals surface area contributed by atoms with Crippen LogP contribution < -0.4 is 5.73 Å². The van der Waals surface area contributed by atoms with E-state index in [1.165, 1.54) is 16.3 Å². The van der Waals surface area contributed by atoms with E-state index >= 15 is 0 Å². The molecular formula is C13H23N3S. The molecule has 0 saturated carbocycles. The largest absolute Gasteiger partial charge is 0.326 e. The van der Waals surface area contributed by atoms with Gasteiger partial charge in [-0.25, -0.2) is 4.98 Å². The molecule has 2 heterocycles. The molecule has 2 atom stereocenters. The van der Waals surface area contributed by atoms with Crippen molar-refractivity contribution in [1.82, 2.24) is 9.88 Å². The van der Waals surface area contributed by atoms with E-state index in [0.29, 0.717) is 12.0 Å². The summed E-state index contributed by atoms with van der Waals surface area (Å²) < 4.78 is 0. The van der Waals surface area contributed by atoms with Crippen LogP contribution in [0.4, 0.5) is 0 Å². The van der Waals surface area contributed by atoms with Crippen molar-refractivity contribution in [3.05, 3.63) is 16.1 Å². The molecule has 1 aliphatic rings. The first-order valence-electron chi connectivity index (χ1n) is 6.58. The second-order valence-corrected chi connectivity index (χ2v) is 6.28. The second-order valence-electron chi connectivity index (χ2n) is 5.19. The maximum Gasteiger partial charge on any atom is 0.0953 e. The van der Waals surface area contributed by atoms with E-state index in [2.05, 4.69) is 30.7 Å². The quantitative estimate of drug-likeness (QED) is 0.897. The Labute approximate surface area is 108 Å². The maximum absolute atomic E-state index is 6.25. The molecule has 1 fully saturated rings. The molecule has 0 amide bonds. The summed E-state index contributed by atoms with van der Waals surface area (Å²) in [7, 11) is 0. The Bertz CT molecular complexity index is 359. The van der Waals surface area contributed by atoms with Crippen LogP contribution in [0.5, 0.6) is 0 Å². The zero-order valence-electron chi connectivity index (χ0n) is 11.0. The van der Waals surface area contributed by atoms with Gasteiger partial charge in [0.05, 0.1) is 11.0 Å². The van der Waals surface area contributed by atoms with Crippen LogP contribution >= 0.6 is 11.3 Å². The van der Waals surface area contributed by atoms with Crippen LogP contribution in [0.1, 0.15) is 55.5 Å². The van der Waals surface area contributed by atoms with Gasteiger partial charge in [0.2, 0.25) is 0 Å². The molecule has 0 bridgehead atoms. The number of nitrogens with zero attached hydrogens (tertiary/aromatic N) is 2. The number of hydrogen-bond acceptors (Lipinski definition) is 4. The van der Waals surface area contributed by atoms with Crippen LogP contribution in [-0.2, 0) is 0 Å². The zero-order chi connectivity index (χ0) is 12.4. The molecule has 2 rings (SSSR count). The Balaban J connectivity index is 2.17. The van der Waals surface area contributed by atoms with Gasteiger partial charge < -0.3 is 5.73 Å². The number of likely N-dealkylation sites (tertiary alicyclic amines) is 1. The number of hydrogen-bond donors (Lipinski definition) is 1. The lowest BCUT2D eigenvalue weighted by Gasteiger charge is -2.24. The van der Waals surface area contributed by atoms with Crippen LogP contribution in [0, 0.1) is 0 Å². The second kappa shape index (κ2) is 5.46. The van der Waals surface area contributed by atoms with Gasteiger partial charge in [-0.3, -0.25) is 4.90 Å². The summed E-state index contributed by atoms with van der Waals surface area (Å²) in [5, 5.41) is 1.23. The molecule has 3 nitrogen and oxygen atoms in total. The summed E-state index contributed by atoms with van der Waals surface area (Å²) in [4.78, 5) is 8.40. The molecule has 96 valence electrons. The normalized spacial score (nSPS) is 25.9. The van der Waals surface area contributed by atoms with Crippen molar-refractivity contribution in [2.45, 2.75) is 51.6 Å². The van der Waals surface area contributed by atoms with Gasteiger partial charge in [-0.1, -0.05) is 20.8 Å². The average molecular weight is 253 g/mol. The number of aromatic nitrogens is 1. The van der Waals surface area contributed by atoms with Crippen LogP contribution in [0.2, 0.25) is 0 Å². The summed E-state index contributed by atoms with van der Waals surface area (Å²) in [5.74, 6) is 0.519. The van der Waals surface area contributed by atoms with E-state index in [4.69, 9.17) is 5.73 Å². The summed E-state index contributed by atoms with van der Waals surface area (Å²) in [5.41, 5.74) is 6.25. The van der Waals surface area contributed by atoms with Crippen LogP contribution in [-0.4, -0.2) is 29.0 Å². The van der Waals surface area contributed by atoms with Gasteiger partial charge in [0, 0.05) is 29.6 Å². The minimum Gasteiger partial charge on any atom is -0.326 e. The first-order chi connectivity index (χ1) is 8.13. The molecule has 17 heavy (non-hydrogen) atoms. The fourth-order valence-electron chi connectivity index (χ4n) is 2.52. The van der Waals surface area contributed by atoms with Crippen LogP contribution in [0.25, 0.3) is 0 Å². The molecule has 0 spiro atoms. The third-order valence-corrected chi connectivity index (χ3v) is 4.75. The van der Waals surface area contributed by atoms with E-state index in [1.807, 2.05) is 17.5 Å². The standard InChI is InChI=1S/C13H23N3S/c1-4-6-16-7-5-10(14)12(16)11-8-15-13(17-11)9(2)3/h8-10,12H,4-7,14H2,1-3H3. The van der Waals surface area contributed by atoms with E-state index in [1.54, 1.807) is 0 Å². The van der Waals surface area contributed by atoms with Crippen molar-refractivity contribution in [1.29, 1.82) is 0 Å². The SMILES string of the molecule is CCCN1CCC(N)C1c1cnc(C(C)C)s1. The highest BCUT2D eigenvalue weighted by Gasteiger charge is 2.33. The lowest BCUT2D eigenvalue weighted by molar-refractivity contribution is 0.251. The van der Waals surface area contributed by atoms with Crippen LogP contribution in [0.15, 0.2) is 6.20 Å². The van der Waals surface area contributed by atoms with Gasteiger partial charge in [0.25, 0.3) is 0 Å². The van der Waals surface area contributed by atoms with Crippen molar-refractivity contribution in [2.75, 3.05) is 13.1 Å². The minimum absolute atomic E-state index is 0.280. The average Bonchev–Trinajstić information content (AvgIpc) is 2.86. The lowest BCUT2D eigenvalue weighted by atomic mass is 10.1. The topological polar surface area (TPSA) is 42.1 Å². The molecule has 0 aromatic carbocycles. The Morgan fingerprint density at radius 3 is 2.94 bits per heavy atom. The van der Waals surface area contributed by atoms with Crippen molar-refractivity contribution in [3.8, 4) is 0 Å². The van der Waals surface area contributed by atoms with E-state index in [0.717, 1.165) is 19.5 Å². The van der Waals surface area contributed by atoms with Gasteiger partial charge in [-0.15, -0.1) is 11.3 Å². The highest BCUT2D eigenvalue weighted by molar-refractivity contribution is 7.11. The predicted molar refractivity (Wildman–Crippen MR) is 73.4 cm³/mol. The minimum atomic E-state index is 0.280. The molecule has 1 aromatic rings. The predicted octanol–water partition coefficient (Wildman–Crippen LogP) is 2.75. The Hall–Kier alpha value is -0.450. The first-order valence-corrected chi connectivity index (χ1v) is 7.40. The number of thiazole rings is 1. The monoisotopic (exact) mass is 253 g/mol. The zero-order valence-corrected chi connectivity index (χ0v) is 11.8. The highest BCUT2D eigenvalue weighted by Crippen LogP contribution is 2.35. The van der Waals surface area contributed by atoms with Gasteiger partial charge in [-0.05, 0) is 19.4 Å². The molecule has 4 heteroatoms. The first kappa shape index (κ1) is 13.0. The molecule has 0 aliphatic carbocycles. The van der Waals surface area contributed by atoms with Crippen molar-refractivity contribution in [2.24, 2.45) is 5.73 Å². The van der Waals surface area contributed by atoms with Gasteiger partial charge in [-0.2, -0.15) is 0 Å². The third-order valence-electron chi connectivity index (χ3n) is 3.39. The Morgan fingerprint density at radius 1 is 1.59 bits per heavy atom. The van der Waals surface area contributed by atoms with Crippen molar-refractivity contribution in [3.63, 3.8) is 0 Å². The highest BCUT2D eigenvalue weighted by atomic mass is 32.1. The molecule has 1 aliphatic heterocycles. The molecule has 1 saturated heterocycles. The summed E-state index contributed by atoms with van der Waals surface area (Å²) >= 11 is 1.84. The Morgan fingerprint density at radius 2 is 2.35 bits per heavy atom. The van der Waals surface area contributed by atoms with Gasteiger partial charge >= 0.3 is 0 Å². The number of nitrogens with two attached hydrogens (primary N) is 1. The molecule has 1 aromatic heterocycles. The third kappa shape index (κ3) is 2.69.